The second kappa shape index (κ2) is 9.29. The summed E-state index contributed by atoms with van der Waals surface area (Å²) in [4.78, 5) is 23.5. The molecule has 0 unspecified atom stereocenters. The van der Waals surface area contributed by atoms with Gasteiger partial charge in [-0.3, -0.25) is 0 Å². The maximum absolute atomic E-state index is 12.4. The zero-order valence-electron chi connectivity index (χ0n) is 15.9. The number of rotatable bonds is 6. The molecule has 1 heterocycles. The van der Waals surface area contributed by atoms with Crippen LogP contribution in [0.4, 0.5) is 0 Å². The summed E-state index contributed by atoms with van der Waals surface area (Å²) in [6, 6.07) is 8.79. The SMILES string of the molecule is O=C(Oc1ccc(O)c(C(=O)O)c1)c1cccc(O[C@@H]2O[C@H](CO)[C@@H](O)[C@H](O)[C@H]2O)c1. The molecule has 0 aromatic heterocycles. The molecular weight excluding hydrogens is 416 g/mol. The van der Waals surface area contributed by atoms with Gasteiger partial charge in [0.25, 0.3) is 0 Å². The molecule has 0 saturated carbocycles. The maximum Gasteiger partial charge on any atom is 0.343 e. The molecule has 1 aliphatic heterocycles. The van der Waals surface area contributed by atoms with Gasteiger partial charge in [-0.1, -0.05) is 6.07 Å². The normalized spacial score (nSPS) is 25.6. The van der Waals surface area contributed by atoms with E-state index in [4.69, 9.17) is 19.3 Å². The Morgan fingerprint density at radius 1 is 0.968 bits per heavy atom. The van der Waals surface area contributed by atoms with Gasteiger partial charge in [-0.25, -0.2) is 9.59 Å². The maximum atomic E-state index is 12.4. The van der Waals surface area contributed by atoms with E-state index in [1.807, 2.05) is 0 Å². The number of carboxylic acid groups (broad SMARTS) is 1. The van der Waals surface area contributed by atoms with Crippen molar-refractivity contribution in [3.8, 4) is 17.2 Å². The van der Waals surface area contributed by atoms with Crippen molar-refractivity contribution in [2.75, 3.05) is 6.61 Å². The van der Waals surface area contributed by atoms with Gasteiger partial charge in [0.05, 0.1) is 12.2 Å². The number of carbonyl (C=O) groups excluding carboxylic acids is 1. The summed E-state index contributed by atoms with van der Waals surface area (Å²) in [6.45, 7) is -0.623. The van der Waals surface area contributed by atoms with Gasteiger partial charge < -0.3 is 44.8 Å². The Balaban J connectivity index is 1.73. The second-order valence-electron chi connectivity index (χ2n) is 6.72. The summed E-state index contributed by atoms with van der Waals surface area (Å²) >= 11 is 0. The van der Waals surface area contributed by atoms with Crippen LogP contribution in [0.2, 0.25) is 0 Å². The molecule has 1 aliphatic rings. The van der Waals surface area contributed by atoms with Crippen molar-refractivity contribution in [1.82, 2.24) is 0 Å². The lowest BCUT2D eigenvalue weighted by Gasteiger charge is -2.39. The summed E-state index contributed by atoms with van der Waals surface area (Å²) in [7, 11) is 0. The molecule has 1 fully saturated rings. The molecule has 0 amide bonds. The fourth-order valence-corrected chi connectivity index (χ4v) is 2.91. The largest absolute Gasteiger partial charge is 0.507 e. The number of esters is 1. The minimum Gasteiger partial charge on any atom is -0.507 e. The van der Waals surface area contributed by atoms with Gasteiger partial charge in [-0.15, -0.1) is 0 Å². The summed E-state index contributed by atoms with van der Waals surface area (Å²) in [5.41, 5.74) is -0.433. The first-order chi connectivity index (χ1) is 14.7. The number of benzene rings is 2. The number of aromatic hydroxyl groups is 1. The Kier molecular flexibility index (Phi) is 6.73. The van der Waals surface area contributed by atoms with Crippen LogP contribution in [0.5, 0.6) is 17.2 Å². The lowest BCUT2D eigenvalue weighted by atomic mass is 9.99. The van der Waals surface area contributed by atoms with E-state index in [9.17, 15) is 35.1 Å². The first-order valence-electron chi connectivity index (χ1n) is 9.07. The number of hydrogen-bond donors (Lipinski definition) is 6. The van der Waals surface area contributed by atoms with E-state index in [0.29, 0.717) is 0 Å². The van der Waals surface area contributed by atoms with Gasteiger partial charge in [-0.05, 0) is 36.4 Å². The highest BCUT2D eigenvalue weighted by Gasteiger charge is 2.44. The predicted molar refractivity (Wildman–Crippen MR) is 101 cm³/mol. The number of ether oxygens (including phenoxy) is 3. The smallest absolute Gasteiger partial charge is 0.343 e. The topological polar surface area (TPSA) is 183 Å². The fourth-order valence-electron chi connectivity index (χ4n) is 2.91. The average molecular weight is 436 g/mol. The lowest BCUT2D eigenvalue weighted by Crippen LogP contribution is -2.60. The average Bonchev–Trinajstić information content (AvgIpc) is 2.75. The van der Waals surface area contributed by atoms with E-state index in [2.05, 4.69) is 0 Å². The van der Waals surface area contributed by atoms with E-state index >= 15 is 0 Å². The third kappa shape index (κ3) is 4.93. The molecule has 2 aromatic rings. The first-order valence-corrected chi connectivity index (χ1v) is 9.07. The fraction of sp³-hybridized carbons (Fsp3) is 0.300. The summed E-state index contributed by atoms with van der Waals surface area (Å²) in [5, 5.41) is 57.5. The van der Waals surface area contributed by atoms with Crippen molar-refractivity contribution in [3.63, 3.8) is 0 Å². The van der Waals surface area contributed by atoms with Crippen LogP contribution in [0.1, 0.15) is 20.7 Å². The van der Waals surface area contributed by atoms with Gasteiger partial charge in [0, 0.05) is 0 Å². The van der Waals surface area contributed by atoms with E-state index in [-0.39, 0.29) is 17.1 Å². The van der Waals surface area contributed by atoms with Crippen LogP contribution in [0.3, 0.4) is 0 Å². The highest BCUT2D eigenvalue weighted by Crippen LogP contribution is 2.26. The minimum absolute atomic E-state index is 0.00652. The molecule has 2 aromatic carbocycles. The van der Waals surface area contributed by atoms with Crippen molar-refractivity contribution >= 4 is 11.9 Å². The molecule has 0 bridgehead atoms. The summed E-state index contributed by atoms with van der Waals surface area (Å²) in [5.74, 6) is -2.80. The van der Waals surface area contributed by atoms with Crippen molar-refractivity contribution in [3.05, 3.63) is 53.6 Å². The van der Waals surface area contributed by atoms with Crippen LogP contribution in [-0.2, 0) is 4.74 Å². The predicted octanol–water partition coefficient (Wildman–Crippen LogP) is -0.512. The van der Waals surface area contributed by atoms with Crippen LogP contribution in [0, 0.1) is 0 Å². The van der Waals surface area contributed by atoms with Gasteiger partial charge in [-0.2, -0.15) is 0 Å². The van der Waals surface area contributed by atoms with Gasteiger partial charge in [0.1, 0.15) is 47.2 Å². The quantitative estimate of drug-likeness (QED) is 0.253. The van der Waals surface area contributed by atoms with Crippen molar-refractivity contribution in [1.29, 1.82) is 0 Å². The number of carboxylic acids is 1. The lowest BCUT2D eigenvalue weighted by molar-refractivity contribution is -0.277. The van der Waals surface area contributed by atoms with Crippen LogP contribution in [-0.4, -0.2) is 79.9 Å². The molecule has 5 atom stereocenters. The number of aliphatic hydroxyl groups is 4. The zero-order chi connectivity index (χ0) is 22.7. The van der Waals surface area contributed by atoms with Crippen molar-refractivity contribution < 1.29 is 54.4 Å². The molecule has 0 spiro atoms. The summed E-state index contributed by atoms with van der Waals surface area (Å²) in [6.07, 6.45) is -7.38. The monoisotopic (exact) mass is 436 g/mol. The van der Waals surface area contributed by atoms with Gasteiger partial charge >= 0.3 is 11.9 Å². The molecule has 6 N–H and O–H groups in total. The van der Waals surface area contributed by atoms with E-state index in [1.54, 1.807) is 0 Å². The highest BCUT2D eigenvalue weighted by molar-refractivity contribution is 5.93. The number of aromatic carboxylic acids is 1. The standard InChI is InChI=1S/C20H20O11/c21-8-14-15(23)16(24)17(25)20(31-14)30-10-3-1-2-9(6-10)19(28)29-11-4-5-13(22)12(7-11)18(26)27/h1-7,14-17,20-25H,8H2,(H,26,27)/t14-,15-,16+,17-,20-/m1/s1. The number of phenols is 1. The van der Waals surface area contributed by atoms with E-state index in [1.165, 1.54) is 30.3 Å². The molecule has 3 rings (SSSR count). The van der Waals surface area contributed by atoms with Crippen LogP contribution in [0.25, 0.3) is 0 Å². The van der Waals surface area contributed by atoms with Crippen LogP contribution >= 0.6 is 0 Å². The van der Waals surface area contributed by atoms with Gasteiger partial charge in [0.15, 0.2) is 0 Å². The molecule has 0 aliphatic carbocycles. The Morgan fingerprint density at radius 2 is 1.71 bits per heavy atom. The molecule has 11 heteroatoms. The minimum atomic E-state index is -1.63. The molecule has 31 heavy (non-hydrogen) atoms. The third-order valence-electron chi connectivity index (χ3n) is 4.58. The molecule has 0 radical (unpaired) electrons. The van der Waals surface area contributed by atoms with Crippen LogP contribution in [0.15, 0.2) is 42.5 Å². The van der Waals surface area contributed by atoms with Crippen LogP contribution < -0.4 is 9.47 Å². The molecular formula is C20H20O11. The zero-order valence-corrected chi connectivity index (χ0v) is 15.9. The number of carbonyl (C=O) groups is 2. The Labute approximate surface area is 175 Å². The van der Waals surface area contributed by atoms with E-state index in [0.717, 1.165) is 12.1 Å². The molecule has 166 valence electrons. The first kappa shape index (κ1) is 22.5. The Morgan fingerprint density at radius 3 is 2.39 bits per heavy atom. The number of aliphatic hydroxyl groups excluding tert-OH is 4. The van der Waals surface area contributed by atoms with Crippen molar-refractivity contribution in [2.45, 2.75) is 30.7 Å². The Hall–Kier alpha value is -3.22. The van der Waals surface area contributed by atoms with Gasteiger partial charge in [0.2, 0.25) is 6.29 Å². The number of hydrogen-bond acceptors (Lipinski definition) is 10. The van der Waals surface area contributed by atoms with E-state index < -0.39 is 60.6 Å². The Bertz CT molecular complexity index is 958. The third-order valence-corrected chi connectivity index (χ3v) is 4.58. The second-order valence-corrected chi connectivity index (χ2v) is 6.72. The van der Waals surface area contributed by atoms with Crippen molar-refractivity contribution in [2.24, 2.45) is 0 Å². The molecule has 1 saturated heterocycles. The highest BCUT2D eigenvalue weighted by atomic mass is 16.7. The molecule has 11 nitrogen and oxygen atoms in total. The summed E-state index contributed by atoms with van der Waals surface area (Å²) < 4.78 is 15.8.